The first-order valence-electron chi connectivity index (χ1n) is 13.2. The lowest BCUT2D eigenvalue weighted by molar-refractivity contribution is 0.120. The Hall–Kier alpha value is -3.63. The van der Waals surface area contributed by atoms with Crippen molar-refractivity contribution in [3.05, 3.63) is 70.8 Å². The van der Waals surface area contributed by atoms with Gasteiger partial charge in [-0.1, -0.05) is 56.5 Å². The van der Waals surface area contributed by atoms with E-state index < -0.39 is 12.3 Å². The second-order valence-electron chi connectivity index (χ2n) is 10.5. The Labute approximate surface area is 230 Å². The zero-order valence-corrected chi connectivity index (χ0v) is 22.5. The maximum atomic E-state index is 15.0. The highest BCUT2D eigenvalue weighted by Gasteiger charge is 2.31. The molecule has 1 aliphatic heterocycles. The average molecular weight is 550 g/mol. The third-order valence-electron chi connectivity index (χ3n) is 7.75. The van der Waals surface area contributed by atoms with Crippen LogP contribution >= 0.6 is 11.6 Å². The van der Waals surface area contributed by atoms with E-state index in [0.29, 0.717) is 51.7 Å². The van der Waals surface area contributed by atoms with Gasteiger partial charge in [-0.05, 0) is 42.4 Å². The second kappa shape index (κ2) is 10.5. The number of rotatable bonds is 6. The summed E-state index contributed by atoms with van der Waals surface area (Å²) in [7, 11) is 0. The molecule has 1 aromatic carbocycles. The Morgan fingerprint density at radius 1 is 1.15 bits per heavy atom. The number of carbonyl (C=O) groups is 1. The van der Waals surface area contributed by atoms with Crippen LogP contribution in [-0.2, 0) is 11.4 Å². The molecule has 9 nitrogen and oxygen atoms in total. The summed E-state index contributed by atoms with van der Waals surface area (Å²) >= 11 is 6.33. The number of imidazole rings is 1. The third kappa shape index (κ3) is 5.06. The molecule has 4 heterocycles. The summed E-state index contributed by atoms with van der Waals surface area (Å²) < 4.78 is 17.1. The number of benzene rings is 1. The van der Waals surface area contributed by atoms with Crippen LogP contribution in [0.4, 0.5) is 9.18 Å². The van der Waals surface area contributed by atoms with E-state index in [-0.39, 0.29) is 17.6 Å². The van der Waals surface area contributed by atoms with Crippen LogP contribution in [0.1, 0.15) is 68.8 Å². The lowest BCUT2D eigenvalue weighted by atomic mass is 9.83. The highest BCUT2D eigenvalue weighted by molar-refractivity contribution is 6.30. The van der Waals surface area contributed by atoms with E-state index >= 15 is 0 Å². The van der Waals surface area contributed by atoms with Gasteiger partial charge in [0.15, 0.2) is 17.6 Å². The van der Waals surface area contributed by atoms with Gasteiger partial charge in [0.1, 0.15) is 22.9 Å². The van der Waals surface area contributed by atoms with E-state index in [9.17, 15) is 9.18 Å². The number of amides is 1. The van der Waals surface area contributed by atoms with E-state index in [1.807, 2.05) is 13.0 Å². The molecule has 1 saturated carbocycles. The minimum Gasteiger partial charge on any atom is -0.351 e. The molecule has 11 heteroatoms. The Balaban J connectivity index is 1.57. The van der Waals surface area contributed by atoms with Gasteiger partial charge < -0.3 is 9.40 Å². The van der Waals surface area contributed by atoms with Gasteiger partial charge in [0.05, 0.1) is 5.02 Å². The van der Waals surface area contributed by atoms with Crippen LogP contribution in [0.15, 0.2) is 42.7 Å². The SMILES string of the molecule is CC1CCC(Cn2c(C(C)c3ccccc3F)nc3nc(C4NOC(=O)N4)nc(-c4cncc(Cl)c4)c32)CC1. The van der Waals surface area contributed by atoms with Crippen molar-refractivity contribution in [1.29, 1.82) is 0 Å². The first-order valence-corrected chi connectivity index (χ1v) is 13.6. The number of nitrogens with zero attached hydrogens (tertiary/aromatic N) is 5. The molecular weight excluding hydrogens is 521 g/mol. The third-order valence-corrected chi connectivity index (χ3v) is 7.96. The molecule has 2 N–H and O–H groups in total. The van der Waals surface area contributed by atoms with E-state index in [1.165, 1.54) is 18.9 Å². The fraction of sp³-hybridized carbons (Fsp3) is 0.393. The highest BCUT2D eigenvalue weighted by Crippen LogP contribution is 2.37. The van der Waals surface area contributed by atoms with Crippen LogP contribution in [0.25, 0.3) is 22.4 Å². The maximum absolute atomic E-state index is 15.0. The molecular formula is C28H29ClFN7O2. The van der Waals surface area contributed by atoms with Gasteiger partial charge in [-0.2, -0.15) is 0 Å². The quantitative estimate of drug-likeness (QED) is 0.308. The monoisotopic (exact) mass is 549 g/mol. The normalized spacial score (nSPS) is 22.1. The van der Waals surface area contributed by atoms with Gasteiger partial charge in [-0.15, -0.1) is 5.48 Å². The van der Waals surface area contributed by atoms with Gasteiger partial charge >= 0.3 is 6.09 Å². The number of hydroxylamine groups is 1. The van der Waals surface area contributed by atoms with E-state index in [4.69, 9.17) is 31.4 Å². The summed E-state index contributed by atoms with van der Waals surface area (Å²) in [6.45, 7) is 4.97. The standard InChI is InChI=1S/C28H29ClFN7O2/c1-15-7-9-17(10-8-15)14-37-23-22(18-11-19(29)13-31-12-18)32-25(26-35-28(38)39-36-26)33-24(23)34-27(37)16(2)20-5-3-4-6-21(20)30/h3-6,11-13,15-17,26,36H,7-10,14H2,1-2H3,(H,35,38). The number of fused-ring (bicyclic) bond motifs is 1. The molecule has 1 saturated heterocycles. The minimum absolute atomic E-state index is 0.281. The summed E-state index contributed by atoms with van der Waals surface area (Å²) in [5.74, 6) is 1.52. The number of pyridine rings is 1. The van der Waals surface area contributed by atoms with Crippen molar-refractivity contribution in [2.24, 2.45) is 11.8 Å². The molecule has 2 aliphatic rings. The van der Waals surface area contributed by atoms with Crippen LogP contribution in [0.5, 0.6) is 0 Å². The summed E-state index contributed by atoms with van der Waals surface area (Å²) in [5, 5.41) is 3.11. The predicted molar refractivity (Wildman–Crippen MR) is 144 cm³/mol. The second-order valence-corrected chi connectivity index (χ2v) is 11.0. The van der Waals surface area contributed by atoms with E-state index in [0.717, 1.165) is 18.4 Å². The number of halogens is 2. The van der Waals surface area contributed by atoms with Crippen molar-refractivity contribution >= 4 is 28.9 Å². The molecule has 39 heavy (non-hydrogen) atoms. The molecule has 1 aliphatic carbocycles. The van der Waals surface area contributed by atoms with Crippen LogP contribution in [0, 0.1) is 17.7 Å². The zero-order valence-electron chi connectivity index (χ0n) is 21.7. The van der Waals surface area contributed by atoms with Crippen LogP contribution in [0.3, 0.4) is 0 Å². The number of nitrogens with one attached hydrogen (secondary N) is 2. The summed E-state index contributed by atoms with van der Waals surface area (Å²) in [6, 6.07) is 8.57. The average Bonchev–Trinajstić information content (AvgIpc) is 3.53. The smallest absolute Gasteiger partial charge is 0.351 e. The van der Waals surface area contributed by atoms with Gasteiger partial charge in [0, 0.05) is 30.4 Å². The summed E-state index contributed by atoms with van der Waals surface area (Å²) in [6.07, 6.45) is 6.43. The van der Waals surface area contributed by atoms with Crippen LogP contribution < -0.4 is 10.8 Å². The van der Waals surface area contributed by atoms with Crippen LogP contribution in [0.2, 0.25) is 5.02 Å². The predicted octanol–water partition coefficient (Wildman–Crippen LogP) is 5.90. The fourth-order valence-corrected chi connectivity index (χ4v) is 5.77. The van der Waals surface area contributed by atoms with E-state index in [1.54, 1.807) is 30.6 Å². The van der Waals surface area contributed by atoms with Crippen molar-refractivity contribution in [1.82, 2.24) is 35.3 Å². The molecule has 2 fully saturated rings. The molecule has 4 aromatic rings. The summed E-state index contributed by atoms with van der Waals surface area (Å²) in [4.78, 5) is 35.5. The van der Waals surface area contributed by atoms with Gasteiger partial charge in [-0.3, -0.25) is 10.3 Å². The lowest BCUT2D eigenvalue weighted by Gasteiger charge is -2.28. The largest absolute Gasteiger partial charge is 0.427 e. The minimum atomic E-state index is -0.759. The first kappa shape index (κ1) is 25.6. The van der Waals surface area contributed by atoms with Crippen molar-refractivity contribution in [3.8, 4) is 11.3 Å². The van der Waals surface area contributed by atoms with E-state index in [2.05, 4.69) is 27.3 Å². The van der Waals surface area contributed by atoms with Crippen LogP contribution in [-0.4, -0.2) is 30.6 Å². The number of carbonyl (C=O) groups excluding carboxylic acids is 1. The molecule has 0 spiro atoms. The Morgan fingerprint density at radius 2 is 1.95 bits per heavy atom. The molecule has 3 aromatic heterocycles. The molecule has 2 atom stereocenters. The number of hydrogen-bond acceptors (Lipinski definition) is 7. The fourth-order valence-electron chi connectivity index (χ4n) is 5.60. The molecule has 202 valence electrons. The van der Waals surface area contributed by atoms with Crippen molar-refractivity contribution in [2.75, 3.05) is 0 Å². The van der Waals surface area contributed by atoms with Crippen molar-refractivity contribution < 1.29 is 14.0 Å². The van der Waals surface area contributed by atoms with Gasteiger partial charge in [-0.25, -0.2) is 24.1 Å². The molecule has 0 bridgehead atoms. The Morgan fingerprint density at radius 3 is 2.67 bits per heavy atom. The topological polar surface area (TPSA) is 107 Å². The zero-order chi connectivity index (χ0) is 27.1. The van der Waals surface area contributed by atoms with Gasteiger partial charge in [0.25, 0.3) is 0 Å². The van der Waals surface area contributed by atoms with Crippen molar-refractivity contribution in [3.63, 3.8) is 0 Å². The maximum Gasteiger partial charge on any atom is 0.427 e. The number of aromatic nitrogens is 5. The molecule has 1 amide bonds. The Kier molecular flexibility index (Phi) is 6.90. The Bertz CT molecular complexity index is 1540. The molecule has 0 radical (unpaired) electrons. The lowest BCUT2D eigenvalue weighted by Crippen LogP contribution is -2.25. The number of hydrogen-bond donors (Lipinski definition) is 2. The van der Waals surface area contributed by atoms with Gasteiger partial charge in [0.2, 0.25) is 0 Å². The molecule has 6 rings (SSSR count). The van der Waals surface area contributed by atoms with Crippen molar-refractivity contribution in [2.45, 2.75) is 58.2 Å². The molecule has 2 unspecified atom stereocenters. The summed E-state index contributed by atoms with van der Waals surface area (Å²) in [5.41, 5.74) is 5.61. The first-order chi connectivity index (χ1) is 18.9. The highest BCUT2D eigenvalue weighted by atomic mass is 35.5.